The minimum atomic E-state index is -1.05. The molecule has 8 heteroatoms. The van der Waals surface area contributed by atoms with Gasteiger partial charge >= 0.3 is 11.9 Å². The molecule has 3 aromatic rings. The topological polar surface area (TPSA) is 109 Å². The fourth-order valence-corrected chi connectivity index (χ4v) is 4.42. The van der Waals surface area contributed by atoms with Crippen molar-refractivity contribution in [1.29, 1.82) is 0 Å². The lowest BCUT2D eigenvalue weighted by Crippen LogP contribution is -2.35. The summed E-state index contributed by atoms with van der Waals surface area (Å²) in [4.78, 5) is 44.6. The first kappa shape index (κ1) is 24.3. The van der Waals surface area contributed by atoms with Crippen molar-refractivity contribution >= 4 is 34.4 Å². The summed E-state index contributed by atoms with van der Waals surface area (Å²) in [6, 6.07) is 13.3. The van der Waals surface area contributed by atoms with Gasteiger partial charge in [0.05, 0.1) is 16.6 Å². The zero-order valence-electron chi connectivity index (χ0n) is 19.9. The van der Waals surface area contributed by atoms with Crippen LogP contribution in [0.15, 0.2) is 48.5 Å². The molecule has 0 saturated carbocycles. The lowest BCUT2D eigenvalue weighted by Gasteiger charge is -2.30. The van der Waals surface area contributed by atoms with Crippen LogP contribution in [0.3, 0.4) is 0 Å². The highest BCUT2D eigenvalue weighted by Gasteiger charge is 2.29. The van der Waals surface area contributed by atoms with Crippen LogP contribution >= 0.6 is 0 Å². The second-order valence-corrected chi connectivity index (χ2v) is 8.63. The number of hydrogen-bond donors (Lipinski definition) is 2. The molecule has 0 saturated heterocycles. The number of carboxylic acids is 1. The van der Waals surface area contributed by atoms with E-state index in [1.807, 2.05) is 24.3 Å². The molecule has 0 aliphatic carbocycles. The molecule has 1 amide bonds. The normalized spacial score (nSPS) is 14.2. The van der Waals surface area contributed by atoms with Crippen LogP contribution in [0.5, 0.6) is 0 Å². The minimum absolute atomic E-state index is 0.118. The van der Waals surface area contributed by atoms with Crippen molar-refractivity contribution in [2.75, 3.05) is 18.4 Å². The van der Waals surface area contributed by atoms with Crippen LogP contribution < -0.4 is 5.32 Å². The summed E-state index contributed by atoms with van der Waals surface area (Å²) in [5, 5.41) is 12.5. The van der Waals surface area contributed by atoms with E-state index in [9.17, 15) is 14.4 Å². The van der Waals surface area contributed by atoms with Gasteiger partial charge in [-0.15, -0.1) is 0 Å². The quantitative estimate of drug-likeness (QED) is 0.468. The second kappa shape index (κ2) is 10.7. The van der Waals surface area contributed by atoms with Gasteiger partial charge in [0.1, 0.15) is 0 Å². The molecule has 1 atom stereocenters. The third-order valence-corrected chi connectivity index (χ3v) is 6.18. The molecule has 2 heterocycles. The predicted molar refractivity (Wildman–Crippen MR) is 133 cm³/mol. The number of aromatic nitrogens is 1. The van der Waals surface area contributed by atoms with Crippen molar-refractivity contribution in [3.63, 3.8) is 0 Å². The van der Waals surface area contributed by atoms with Crippen LogP contribution in [0.25, 0.3) is 10.9 Å². The van der Waals surface area contributed by atoms with E-state index in [1.165, 1.54) is 24.3 Å². The van der Waals surface area contributed by atoms with Crippen molar-refractivity contribution in [2.45, 2.75) is 45.8 Å². The monoisotopic (exact) mass is 475 g/mol. The number of para-hydroxylation sites is 1. The highest BCUT2D eigenvalue weighted by Crippen LogP contribution is 2.29. The number of carbonyl (C=O) groups excluding carboxylic acids is 2. The molecule has 35 heavy (non-hydrogen) atoms. The molecule has 2 N–H and O–H groups in total. The van der Waals surface area contributed by atoms with Gasteiger partial charge in [-0.1, -0.05) is 32.0 Å². The third kappa shape index (κ3) is 5.33. The van der Waals surface area contributed by atoms with Crippen molar-refractivity contribution < 1.29 is 24.2 Å². The number of rotatable bonds is 8. The van der Waals surface area contributed by atoms with Crippen LogP contribution in [0.2, 0.25) is 0 Å². The Morgan fingerprint density at radius 3 is 2.54 bits per heavy atom. The van der Waals surface area contributed by atoms with E-state index >= 15 is 0 Å². The van der Waals surface area contributed by atoms with E-state index in [0.717, 1.165) is 42.7 Å². The first-order chi connectivity index (χ1) is 16.9. The molecule has 8 nitrogen and oxygen atoms in total. The van der Waals surface area contributed by atoms with Gasteiger partial charge in [0, 0.05) is 41.8 Å². The highest BCUT2D eigenvalue weighted by molar-refractivity contribution is 6.06. The van der Waals surface area contributed by atoms with E-state index in [4.69, 9.17) is 14.8 Å². The van der Waals surface area contributed by atoms with Crippen molar-refractivity contribution in [1.82, 2.24) is 9.88 Å². The van der Waals surface area contributed by atoms with Crippen LogP contribution in [0.1, 0.15) is 58.7 Å². The minimum Gasteiger partial charge on any atom is -0.478 e. The number of anilines is 1. The summed E-state index contributed by atoms with van der Waals surface area (Å²) in [6.45, 7) is 6.34. The van der Waals surface area contributed by atoms with Crippen molar-refractivity contribution in [3.05, 3.63) is 70.9 Å². The number of hydrogen-bond acceptors (Lipinski definition) is 6. The number of carbonyl (C=O) groups is 3. The predicted octanol–water partition coefficient (Wildman–Crippen LogP) is 4.28. The fraction of sp³-hybridized carbons (Fsp3) is 0.333. The van der Waals surface area contributed by atoms with Gasteiger partial charge < -0.3 is 15.2 Å². The number of nitrogens with one attached hydrogen (secondary N) is 1. The number of esters is 1. The Bertz CT molecular complexity index is 1260. The van der Waals surface area contributed by atoms with E-state index in [2.05, 4.69) is 17.1 Å². The Morgan fingerprint density at radius 2 is 1.86 bits per heavy atom. The van der Waals surface area contributed by atoms with Gasteiger partial charge in [-0.3, -0.25) is 14.7 Å². The standard InChI is InChI=1S/C27H29N3O5/c1-3-14-30-15-13-22-20(16-30)24(19-7-5-6-8-21(19)29-22)27(34)35-23(4-2)25(31)28-18-11-9-17(10-12-18)26(32)33/h5-12,23H,3-4,13-16H2,1-2H3,(H,28,31)(H,32,33). The summed E-state index contributed by atoms with van der Waals surface area (Å²) in [6.07, 6.45) is 1.06. The Hall–Kier alpha value is -3.78. The molecule has 1 aliphatic rings. The summed E-state index contributed by atoms with van der Waals surface area (Å²) < 4.78 is 5.76. The average Bonchev–Trinajstić information content (AvgIpc) is 2.86. The molecule has 0 radical (unpaired) electrons. The highest BCUT2D eigenvalue weighted by atomic mass is 16.5. The maximum Gasteiger partial charge on any atom is 0.340 e. The number of aromatic carboxylic acids is 1. The molecule has 182 valence electrons. The van der Waals surface area contributed by atoms with Gasteiger partial charge in [0.2, 0.25) is 0 Å². The van der Waals surface area contributed by atoms with Crippen LogP contribution in [0, 0.1) is 0 Å². The number of nitrogens with zero attached hydrogens (tertiary/aromatic N) is 2. The summed E-state index contributed by atoms with van der Waals surface area (Å²) in [5.74, 6) is -2.06. The lowest BCUT2D eigenvalue weighted by molar-refractivity contribution is -0.124. The number of carboxylic acid groups (broad SMARTS) is 1. The van der Waals surface area contributed by atoms with Gasteiger partial charge in [-0.2, -0.15) is 0 Å². The number of pyridine rings is 1. The average molecular weight is 476 g/mol. The lowest BCUT2D eigenvalue weighted by atomic mass is 9.95. The molecule has 0 bridgehead atoms. The molecule has 1 unspecified atom stereocenters. The summed E-state index contributed by atoms with van der Waals surface area (Å²) in [7, 11) is 0. The number of benzene rings is 2. The van der Waals surface area contributed by atoms with Gasteiger partial charge in [-0.25, -0.2) is 9.59 Å². The zero-order chi connectivity index (χ0) is 24.9. The van der Waals surface area contributed by atoms with E-state index in [0.29, 0.717) is 23.2 Å². The Kier molecular flexibility index (Phi) is 7.41. The Morgan fingerprint density at radius 1 is 1.11 bits per heavy atom. The molecule has 1 aromatic heterocycles. The Labute approximate surface area is 203 Å². The van der Waals surface area contributed by atoms with Gasteiger partial charge in [-0.05, 0) is 49.7 Å². The van der Waals surface area contributed by atoms with Gasteiger partial charge in [0.15, 0.2) is 6.10 Å². The van der Waals surface area contributed by atoms with Crippen molar-refractivity contribution in [3.8, 4) is 0 Å². The molecule has 0 spiro atoms. The summed E-state index contributed by atoms with van der Waals surface area (Å²) >= 11 is 0. The Balaban J connectivity index is 1.59. The molecular weight excluding hydrogens is 446 g/mol. The summed E-state index contributed by atoms with van der Waals surface area (Å²) in [5.41, 5.74) is 3.53. The molecular formula is C27H29N3O5. The molecule has 0 fully saturated rings. The zero-order valence-corrected chi connectivity index (χ0v) is 19.9. The molecule has 4 rings (SSSR count). The fourth-order valence-electron chi connectivity index (χ4n) is 4.42. The maximum absolute atomic E-state index is 13.5. The number of ether oxygens (including phenoxy) is 1. The van der Waals surface area contributed by atoms with Crippen LogP contribution in [0.4, 0.5) is 5.69 Å². The number of fused-ring (bicyclic) bond motifs is 2. The maximum atomic E-state index is 13.5. The van der Waals surface area contributed by atoms with E-state index in [1.54, 1.807) is 6.92 Å². The first-order valence-corrected chi connectivity index (χ1v) is 11.9. The van der Waals surface area contributed by atoms with E-state index < -0.39 is 23.9 Å². The molecule has 1 aliphatic heterocycles. The first-order valence-electron chi connectivity index (χ1n) is 11.9. The second-order valence-electron chi connectivity index (χ2n) is 8.63. The van der Waals surface area contributed by atoms with Crippen LogP contribution in [-0.2, 0) is 22.5 Å². The molecule has 2 aromatic carbocycles. The van der Waals surface area contributed by atoms with Crippen molar-refractivity contribution in [2.24, 2.45) is 0 Å². The number of amides is 1. The van der Waals surface area contributed by atoms with Gasteiger partial charge in [0.25, 0.3) is 5.91 Å². The van der Waals surface area contributed by atoms with E-state index in [-0.39, 0.29) is 12.0 Å². The smallest absolute Gasteiger partial charge is 0.340 e. The van der Waals surface area contributed by atoms with Crippen LogP contribution in [-0.4, -0.2) is 52.0 Å². The SMILES string of the molecule is CCCN1CCc2nc3ccccc3c(C(=O)OC(CC)C(=O)Nc3ccc(C(=O)O)cc3)c2C1. The largest absolute Gasteiger partial charge is 0.478 e. The third-order valence-electron chi connectivity index (χ3n) is 6.18.